The minimum atomic E-state index is -0.599. The Labute approximate surface area is 194 Å². The highest BCUT2D eigenvalue weighted by Crippen LogP contribution is 2.32. The Morgan fingerprint density at radius 3 is 2.50 bits per heavy atom. The standard InChI is InChI=1S/C26H22N6O2/c1-16-7-6-9-17(13-16)23-24(32(28)21-12-5-4-11-20(21)27)25(33)31(26(34)30-23)22-15-29-14-18-8-2-3-10-19(18)22/h2-15H,27-28H2,1H3,(H,30,34). The number of aromatic nitrogens is 3. The summed E-state index contributed by atoms with van der Waals surface area (Å²) in [4.78, 5) is 34.4. The molecule has 2 heterocycles. The summed E-state index contributed by atoms with van der Waals surface area (Å²) in [6.45, 7) is 1.93. The fourth-order valence-corrected chi connectivity index (χ4v) is 4.08. The number of hydrogen-bond acceptors (Lipinski definition) is 6. The van der Waals surface area contributed by atoms with Gasteiger partial charge in [-0.05, 0) is 25.1 Å². The van der Waals surface area contributed by atoms with Crippen LogP contribution < -0.4 is 27.8 Å². The number of hydrazine groups is 1. The first-order valence-electron chi connectivity index (χ1n) is 10.6. The summed E-state index contributed by atoms with van der Waals surface area (Å²) in [5, 5.41) is 2.73. The van der Waals surface area contributed by atoms with Crippen molar-refractivity contribution in [3.63, 3.8) is 0 Å². The number of nitrogens with two attached hydrogens (primary N) is 2. The molecule has 34 heavy (non-hydrogen) atoms. The monoisotopic (exact) mass is 450 g/mol. The summed E-state index contributed by atoms with van der Waals surface area (Å²) in [6, 6.07) is 21.8. The molecule has 5 aromatic rings. The molecular weight excluding hydrogens is 428 g/mol. The van der Waals surface area contributed by atoms with E-state index in [4.69, 9.17) is 11.6 Å². The Kier molecular flexibility index (Phi) is 5.19. The third-order valence-corrected chi connectivity index (χ3v) is 5.71. The zero-order chi connectivity index (χ0) is 23.8. The van der Waals surface area contributed by atoms with Crippen molar-refractivity contribution in [3.8, 4) is 16.9 Å². The summed E-state index contributed by atoms with van der Waals surface area (Å²) in [6.07, 6.45) is 3.17. The first-order valence-corrected chi connectivity index (χ1v) is 10.6. The van der Waals surface area contributed by atoms with Gasteiger partial charge in [0.2, 0.25) is 0 Å². The summed E-state index contributed by atoms with van der Waals surface area (Å²) >= 11 is 0. The van der Waals surface area contributed by atoms with Crippen molar-refractivity contribution in [3.05, 3.63) is 112 Å². The Morgan fingerprint density at radius 2 is 1.71 bits per heavy atom. The Balaban J connectivity index is 1.86. The number of anilines is 3. The van der Waals surface area contributed by atoms with Gasteiger partial charge in [-0.2, -0.15) is 0 Å². The maximum absolute atomic E-state index is 14.0. The second-order valence-corrected chi connectivity index (χ2v) is 7.97. The fraction of sp³-hybridized carbons (Fsp3) is 0.0385. The molecule has 0 aliphatic heterocycles. The number of rotatable bonds is 4. The highest BCUT2D eigenvalue weighted by atomic mass is 16.2. The van der Waals surface area contributed by atoms with Gasteiger partial charge in [0.25, 0.3) is 5.56 Å². The van der Waals surface area contributed by atoms with Crippen LogP contribution in [0.2, 0.25) is 0 Å². The summed E-state index contributed by atoms with van der Waals surface area (Å²) in [5.74, 6) is 6.51. The first-order chi connectivity index (χ1) is 16.5. The topological polar surface area (TPSA) is 123 Å². The number of para-hydroxylation sites is 2. The van der Waals surface area contributed by atoms with Gasteiger partial charge >= 0.3 is 5.69 Å². The average Bonchev–Trinajstić information content (AvgIpc) is 2.84. The highest BCUT2D eigenvalue weighted by Gasteiger charge is 2.23. The molecule has 8 nitrogen and oxygen atoms in total. The predicted octanol–water partition coefficient (Wildman–Crippen LogP) is 3.64. The Hall–Kier alpha value is -4.69. The average molecular weight is 451 g/mol. The highest BCUT2D eigenvalue weighted by molar-refractivity contribution is 5.89. The van der Waals surface area contributed by atoms with Crippen molar-refractivity contribution in [2.75, 3.05) is 10.7 Å². The summed E-state index contributed by atoms with van der Waals surface area (Å²) < 4.78 is 1.06. The number of benzene rings is 3. The Bertz CT molecular complexity index is 1650. The number of pyridine rings is 1. The smallest absolute Gasteiger partial charge is 0.333 e. The number of aromatic amines is 1. The quantitative estimate of drug-likeness (QED) is 0.218. The zero-order valence-corrected chi connectivity index (χ0v) is 18.4. The van der Waals surface area contributed by atoms with E-state index in [1.807, 2.05) is 55.5 Å². The largest absolute Gasteiger partial charge is 0.397 e. The molecule has 2 aromatic heterocycles. The molecule has 0 amide bonds. The molecule has 0 aliphatic rings. The van der Waals surface area contributed by atoms with Crippen molar-refractivity contribution < 1.29 is 0 Å². The van der Waals surface area contributed by atoms with Crippen LogP contribution in [0.1, 0.15) is 5.56 Å². The van der Waals surface area contributed by atoms with Crippen LogP contribution in [0.4, 0.5) is 17.1 Å². The maximum atomic E-state index is 14.0. The van der Waals surface area contributed by atoms with Gasteiger partial charge in [0.05, 0.1) is 29.0 Å². The lowest BCUT2D eigenvalue weighted by molar-refractivity contribution is 0.866. The number of fused-ring (bicyclic) bond motifs is 1. The minimum absolute atomic E-state index is 0.0797. The molecule has 8 heteroatoms. The van der Waals surface area contributed by atoms with Crippen molar-refractivity contribution in [2.45, 2.75) is 6.92 Å². The molecular formula is C26H22N6O2. The molecule has 5 rings (SSSR count). The first kappa shape index (κ1) is 21.2. The van der Waals surface area contributed by atoms with E-state index in [2.05, 4.69) is 9.97 Å². The van der Waals surface area contributed by atoms with Crippen LogP contribution in [0.3, 0.4) is 0 Å². The van der Waals surface area contributed by atoms with Crippen molar-refractivity contribution in [2.24, 2.45) is 5.84 Å². The Morgan fingerprint density at radius 1 is 0.941 bits per heavy atom. The van der Waals surface area contributed by atoms with Gasteiger partial charge in [-0.1, -0.05) is 60.2 Å². The lowest BCUT2D eigenvalue weighted by Crippen LogP contribution is -2.41. The molecule has 0 fully saturated rings. The van der Waals surface area contributed by atoms with Crippen molar-refractivity contribution >= 4 is 27.8 Å². The molecule has 0 atom stereocenters. The SMILES string of the molecule is Cc1cccc(-c2[nH]c(=O)n(-c3cncc4ccccc34)c(=O)c2N(N)c2ccccc2N)c1. The lowest BCUT2D eigenvalue weighted by atomic mass is 10.1. The number of hydrogen-bond donors (Lipinski definition) is 3. The molecule has 0 saturated carbocycles. The normalized spacial score (nSPS) is 11.0. The fourth-order valence-electron chi connectivity index (χ4n) is 4.08. The van der Waals surface area contributed by atoms with Gasteiger partial charge in [0.15, 0.2) is 0 Å². The number of nitrogens with zero attached hydrogens (tertiary/aromatic N) is 3. The molecule has 5 N–H and O–H groups in total. The van der Waals surface area contributed by atoms with Crippen molar-refractivity contribution in [1.82, 2.24) is 14.5 Å². The number of nitrogens with one attached hydrogen (secondary N) is 1. The van der Waals surface area contributed by atoms with E-state index < -0.39 is 11.2 Å². The van der Waals surface area contributed by atoms with Crippen molar-refractivity contribution in [1.29, 1.82) is 0 Å². The molecule has 0 aliphatic carbocycles. The lowest BCUT2D eigenvalue weighted by Gasteiger charge is -2.23. The van der Waals surface area contributed by atoms with Crippen LogP contribution in [-0.4, -0.2) is 14.5 Å². The second-order valence-electron chi connectivity index (χ2n) is 7.97. The second kappa shape index (κ2) is 8.34. The van der Waals surface area contributed by atoms with Gasteiger partial charge in [0, 0.05) is 22.5 Å². The molecule has 0 bridgehead atoms. The molecule has 0 spiro atoms. The van der Waals surface area contributed by atoms with Gasteiger partial charge < -0.3 is 10.7 Å². The van der Waals surface area contributed by atoms with E-state index in [-0.39, 0.29) is 5.69 Å². The van der Waals surface area contributed by atoms with Crippen LogP contribution in [0.5, 0.6) is 0 Å². The van der Waals surface area contributed by atoms with E-state index in [9.17, 15) is 9.59 Å². The number of aryl methyl sites for hydroxylation is 1. The van der Waals surface area contributed by atoms with E-state index in [1.54, 1.807) is 30.5 Å². The third kappa shape index (κ3) is 3.52. The van der Waals surface area contributed by atoms with E-state index in [1.165, 1.54) is 11.2 Å². The molecule has 168 valence electrons. The number of H-pyrrole nitrogens is 1. The van der Waals surface area contributed by atoms with Crippen LogP contribution in [0.25, 0.3) is 27.7 Å². The third-order valence-electron chi connectivity index (χ3n) is 5.71. The maximum Gasteiger partial charge on any atom is 0.333 e. The molecule has 0 saturated heterocycles. The van der Waals surface area contributed by atoms with E-state index in [0.29, 0.717) is 33.7 Å². The van der Waals surface area contributed by atoms with Crippen LogP contribution >= 0.6 is 0 Å². The van der Waals surface area contributed by atoms with Crippen LogP contribution in [0, 0.1) is 6.92 Å². The van der Waals surface area contributed by atoms with Gasteiger partial charge in [-0.3, -0.25) is 14.8 Å². The van der Waals surface area contributed by atoms with Crippen LogP contribution in [0.15, 0.2) is 94.8 Å². The molecule has 0 unspecified atom stereocenters. The van der Waals surface area contributed by atoms with E-state index in [0.717, 1.165) is 15.5 Å². The number of nitrogen functional groups attached to an aromatic ring is 1. The molecule has 0 radical (unpaired) electrons. The summed E-state index contributed by atoms with van der Waals surface area (Å²) in [7, 11) is 0. The zero-order valence-electron chi connectivity index (χ0n) is 18.4. The van der Waals surface area contributed by atoms with Gasteiger partial charge in [-0.25, -0.2) is 15.2 Å². The molecule has 3 aromatic carbocycles. The predicted molar refractivity (Wildman–Crippen MR) is 135 cm³/mol. The minimum Gasteiger partial charge on any atom is -0.397 e. The van der Waals surface area contributed by atoms with Gasteiger partial charge in [0.1, 0.15) is 5.69 Å². The van der Waals surface area contributed by atoms with Gasteiger partial charge in [-0.15, -0.1) is 0 Å². The van der Waals surface area contributed by atoms with Crippen LogP contribution in [-0.2, 0) is 0 Å². The summed E-state index contributed by atoms with van der Waals surface area (Å²) in [5.41, 5.74) is 8.15. The van der Waals surface area contributed by atoms with E-state index >= 15 is 0 Å².